The average molecular weight is 326 g/mol. The van der Waals surface area contributed by atoms with Crippen molar-refractivity contribution in [2.75, 3.05) is 32.2 Å². The lowest BCUT2D eigenvalue weighted by molar-refractivity contribution is 0.0939. The molecule has 1 aliphatic heterocycles. The molecule has 5 heteroatoms. The van der Waals surface area contributed by atoms with E-state index in [1.165, 1.54) is 0 Å². The summed E-state index contributed by atoms with van der Waals surface area (Å²) < 4.78 is 11.1. The molecule has 0 spiro atoms. The van der Waals surface area contributed by atoms with E-state index in [0.29, 0.717) is 18.8 Å². The quantitative estimate of drug-likeness (QED) is 0.938. The Labute approximate surface area is 142 Å². The van der Waals surface area contributed by atoms with Crippen molar-refractivity contribution in [2.45, 2.75) is 13.0 Å². The first kappa shape index (κ1) is 16.2. The van der Waals surface area contributed by atoms with Crippen molar-refractivity contribution >= 4 is 11.6 Å². The Hall–Kier alpha value is -2.69. The van der Waals surface area contributed by atoms with E-state index in [-0.39, 0.29) is 11.9 Å². The van der Waals surface area contributed by atoms with E-state index in [9.17, 15) is 4.79 Å². The highest BCUT2D eigenvalue weighted by Crippen LogP contribution is 2.32. The van der Waals surface area contributed by atoms with Crippen molar-refractivity contribution in [2.24, 2.45) is 0 Å². The van der Waals surface area contributed by atoms with E-state index < -0.39 is 0 Å². The number of carbonyl (C=O) groups is 1. The number of nitrogens with zero attached hydrogens (tertiary/aromatic N) is 1. The van der Waals surface area contributed by atoms with Crippen LogP contribution in [0.3, 0.4) is 0 Å². The van der Waals surface area contributed by atoms with Gasteiger partial charge in [0.25, 0.3) is 5.91 Å². The third-order valence-corrected chi connectivity index (χ3v) is 4.04. The maximum absolute atomic E-state index is 12.5. The fourth-order valence-corrected chi connectivity index (χ4v) is 2.62. The molecule has 0 aliphatic carbocycles. The van der Waals surface area contributed by atoms with Gasteiger partial charge in [-0.25, -0.2) is 0 Å². The molecular formula is C19H22N2O3. The normalized spacial score (nSPS) is 14.0. The van der Waals surface area contributed by atoms with Gasteiger partial charge in [0, 0.05) is 25.3 Å². The van der Waals surface area contributed by atoms with Gasteiger partial charge in [-0.05, 0) is 42.8 Å². The highest BCUT2D eigenvalue weighted by atomic mass is 16.6. The predicted octanol–water partition coefficient (Wildman–Crippen LogP) is 3.01. The van der Waals surface area contributed by atoms with Crippen LogP contribution in [0.1, 0.15) is 28.9 Å². The molecule has 126 valence electrons. The molecule has 2 aromatic carbocycles. The standard InChI is InChI=1S/C19H22N2O3/c1-13(14-7-8-17-18(12-14)24-10-9-23-17)20-19(22)15-5-4-6-16(11-15)21(2)3/h4-8,11-13H,9-10H2,1-3H3,(H,20,22)/t13-/m1/s1. The molecule has 1 heterocycles. The van der Waals surface area contributed by atoms with Crippen molar-refractivity contribution in [1.82, 2.24) is 5.32 Å². The van der Waals surface area contributed by atoms with E-state index in [2.05, 4.69) is 5.32 Å². The van der Waals surface area contributed by atoms with Crippen molar-refractivity contribution in [3.05, 3.63) is 53.6 Å². The molecule has 0 saturated heterocycles. The molecule has 0 radical (unpaired) electrons. The second kappa shape index (κ2) is 6.83. The molecule has 1 N–H and O–H groups in total. The Morgan fingerprint density at radius 2 is 1.83 bits per heavy atom. The lowest BCUT2D eigenvalue weighted by atomic mass is 10.1. The van der Waals surface area contributed by atoms with E-state index in [0.717, 1.165) is 22.7 Å². The molecular weight excluding hydrogens is 304 g/mol. The zero-order valence-electron chi connectivity index (χ0n) is 14.2. The van der Waals surface area contributed by atoms with Crippen molar-refractivity contribution in [3.63, 3.8) is 0 Å². The number of hydrogen-bond acceptors (Lipinski definition) is 4. The van der Waals surface area contributed by atoms with E-state index in [4.69, 9.17) is 9.47 Å². The Morgan fingerprint density at radius 3 is 2.58 bits per heavy atom. The SMILES string of the molecule is C[C@@H](NC(=O)c1cccc(N(C)C)c1)c1ccc2c(c1)OCCO2. The number of carbonyl (C=O) groups excluding carboxylic acids is 1. The van der Waals surface area contributed by atoms with Crippen LogP contribution in [-0.4, -0.2) is 33.2 Å². The molecule has 24 heavy (non-hydrogen) atoms. The first-order chi connectivity index (χ1) is 11.5. The number of hydrogen-bond donors (Lipinski definition) is 1. The number of amides is 1. The summed E-state index contributed by atoms with van der Waals surface area (Å²) in [6.07, 6.45) is 0. The van der Waals surface area contributed by atoms with Gasteiger partial charge >= 0.3 is 0 Å². The highest BCUT2D eigenvalue weighted by Gasteiger charge is 2.16. The van der Waals surface area contributed by atoms with Gasteiger partial charge in [-0.15, -0.1) is 0 Å². The summed E-state index contributed by atoms with van der Waals surface area (Å²) in [7, 11) is 3.91. The van der Waals surface area contributed by atoms with Crippen LogP contribution in [0.2, 0.25) is 0 Å². The monoisotopic (exact) mass is 326 g/mol. The van der Waals surface area contributed by atoms with E-state index >= 15 is 0 Å². The van der Waals surface area contributed by atoms with Gasteiger partial charge in [0.05, 0.1) is 6.04 Å². The number of anilines is 1. The molecule has 1 aliphatic rings. The van der Waals surface area contributed by atoms with Crippen molar-refractivity contribution in [1.29, 1.82) is 0 Å². The number of ether oxygens (including phenoxy) is 2. The van der Waals surface area contributed by atoms with Crippen LogP contribution in [0.5, 0.6) is 11.5 Å². The molecule has 1 atom stereocenters. The van der Waals surface area contributed by atoms with Crippen LogP contribution in [0.25, 0.3) is 0 Å². The summed E-state index contributed by atoms with van der Waals surface area (Å²) >= 11 is 0. The third-order valence-electron chi connectivity index (χ3n) is 4.04. The Morgan fingerprint density at radius 1 is 1.08 bits per heavy atom. The lowest BCUT2D eigenvalue weighted by Gasteiger charge is -2.21. The molecule has 0 fully saturated rings. The third kappa shape index (κ3) is 3.45. The maximum Gasteiger partial charge on any atom is 0.251 e. The molecule has 0 bridgehead atoms. The molecule has 2 aromatic rings. The first-order valence-corrected chi connectivity index (χ1v) is 8.02. The molecule has 0 saturated carbocycles. The molecule has 5 nitrogen and oxygen atoms in total. The second-order valence-electron chi connectivity index (χ2n) is 6.04. The summed E-state index contributed by atoms with van der Waals surface area (Å²) in [6.45, 7) is 3.08. The largest absolute Gasteiger partial charge is 0.486 e. The van der Waals surface area contributed by atoms with Crippen LogP contribution >= 0.6 is 0 Å². The van der Waals surface area contributed by atoms with Gasteiger partial charge in [-0.1, -0.05) is 12.1 Å². The Balaban J connectivity index is 1.73. The van der Waals surface area contributed by atoms with Gasteiger partial charge in [-0.2, -0.15) is 0 Å². The van der Waals surface area contributed by atoms with Gasteiger partial charge < -0.3 is 19.7 Å². The van der Waals surface area contributed by atoms with Crippen LogP contribution in [0.15, 0.2) is 42.5 Å². The molecule has 1 amide bonds. The van der Waals surface area contributed by atoms with Gasteiger partial charge in [-0.3, -0.25) is 4.79 Å². The fourth-order valence-electron chi connectivity index (χ4n) is 2.62. The number of fused-ring (bicyclic) bond motifs is 1. The van der Waals surface area contributed by atoms with Crippen LogP contribution in [0.4, 0.5) is 5.69 Å². The molecule has 3 rings (SSSR count). The summed E-state index contributed by atoms with van der Waals surface area (Å²) in [5.74, 6) is 1.39. The number of rotatable bonds is 4. The summed E-state index contributed by atoms with van der Waals surface area (Å²) in [5.41, 5.74) is 2.62. The minimum absolute atomic E-state index is 0.0962. The minimum atomic E-state index is -0.128. The van der Waals surface area contributed by atoms with E-state index in [1.807, 2.05) is 68.4 Å². The second-order valence-corrected chi connectivity index (χ2v) is 6.04. The minimum Gasteiger partial charge on any atom is -0.486 e. The topological polar surface area (TPSA) is 50.8 Å². The fraction of sp³-hybridized carbons (Fsp3) is 0.316. The summed E-state index contributed by atoms with van der Waals surface area (Å²) in [5, 5.41) is 3.03. The van der Waals surface area contributed by atoms with Crippen LogP contribution in [0, 0.1) is 0 Å². The molecule has 0 aromatic heterocycles. The Bertz CT molecular complexity index is 743. The maximum atomic E-state index is 12.5. The van der Waals surface area contributed by atoms with Gasteiger partial charge in [0.2, 0.25) is 0 Å². The first-order valence-electron chi connectivity index (χ1n) is 8.02. The summed E-state index contributed by atoms with van der Waals surface area (Å²) in [4.78, 5) is 14.5. The lowest BCUT2D eigenvalue weighted by Crippen LogP contribution is -2.27. The Kier molecular flexibility index (Phi) is 4.60. The van der Waals surface area contributed by atoms with Crippen molar-refractivity contribution in [3.8, 4) is 11.5 Å². The van der Waals surface area contributed by atoms with Crippen molar-refractivity contribution < 1.29 is 14.3 Å². The zero-order chi connectivity index (χ0) is 17.1. The highest BCUT2D eigenvalue weighted by molar-refractivity contribution is 5.95. The van der Waals surface area contributed by atoms with Gasteiger partial charge in [0.1, 0.15) is 13.2 Å². The summed E-state index contributed by atoms with van der Waals surface area (Å²) in [6, 6.07) is 13.2. The smallest absolute Gasteiger partial charge is 0.251 e. The molecule has 0 unspecified atom stereocenters. The average Bonchev–Trinajstić information content (AvgIpc) is 2.61. The van der Waals surface area contributed by atoms with Crippen LogP contribution in [-0.2, 0) is 0 Å². The predicted molar refractivity (Wildman–Crippen MR) is 94.1 cm³/mol. The van der Waals surface area contributed by atoms with Gasteiger partial charge in [0.15, 0.2) is 11.5 Å². The van der Waals surface area contributed by atoms with E-state index in [1.54, 1.807) is 0 Å². The van der Waals surface area contributed by atoms with Crippen LogP contribution < -0.4 is 19.7 Å². The number of nitrogens with one attached hydrogen (secondary N) is 1. The zero-order valence-corrected chi connectivity index (χ0v) is 14.2. The number of benzene rings is 2.